The Bertz CT molecular complexity index is 1680. The SMILES string of the molecule is Cn1cnc(S(=O)(=O)Cc2cccc(C(C3=C(O)C(Cc4ccccc4)(Cc4ccccc4)OC3=O)C(C)(C)C)c2)c1. The molecule has 1 N–H and O–H groups in total. The van der Waals surface area contributed by atoms with E-state index in [2.05, 4.69) is 4.98 Å². The van der Waals surface area contributed by atoms with E-state index >= 15 is 0 Å². The van der Waals surface area contributed by atoms with Crippen molar-refractivity contribution in [3.63, 3.8) is 0 Å². The lowest BCUT2D eigenvalue weighted by Crippen LogP contribution is -2.37. The van der Waals surface area contributed by atoms with Crippen molar-refractivity contribution >= 4 is 15.8 Å². The number of esters is 1. The molecule has 3 aromatic carbocycles. The van der Waals surface area contributed by atoms with E-state index in [9.17, 15) is 18.3 Å². The Labute approximate surface area is 247 Å². The molecule has 8 heteroatoms. The van der Waals surface area contributed by atoms with Crippen molar-refractivity contribution in [3.8, 4) is 0 Å². The first-order chi connectivity index (χ1) is 19.9. The van der Waals surface area contributed by atoms with E-state index in [1.54, 1.807) is 29.8 Å². The Morgan fingerprint density at radius 3 is 2.00 bits per heavy atom. The van der Waals surface area contributed by atoms with Crippen LogP contribution in [0, 0.1) is 5.41 Å². The second kappa shape index (κ2) is 11.2. The summed E-state index contributed by atoms with van der Waals surface area (Å²) in [5.74, 6) is -1.44. The zero-order valence-corrected chi connectivity index (χ0v) is 25.1. The quantitative estimate of drug-likeness (QED) is 0.238. The third-order valence-corrected chi connectivity index (χ3v) is 9.22. The summed E-state index contributed by atoms with van der Waals surface area (Å²) in [6.07, 6.45) is 3.55. The van der Waals surface area contributed by atoms with Gasteiger partial charge >= 0.3 is 5.97 Å². The third-order valence-electron chi connectivity index (χ3n) is 7.66. The smallest absolute Gasteiger partial charge is 0.339 e. The second-order valence-electron chi connectivity index (χ2n) is 12.2. The number of aliphatic hydroxyl groups is 1. The van der Waals surface area contributed by atoms with E-state index in [1.807, 2.05) is 87.5 Å². The van der Waals surface area contributed by atoms with Gasteiger partial charge in [-0.05, 0) is 27.7 Å². The van der Waals surface area contributed by atoms with Crippen molar-refractivity contribution in [2.45, 2.75) is 55.9 Å². The molecule has 0 saturated carbocycles. The van der Waals surface area contributed by atoms with Gasteiger partial charge in [-0.1, -0.05) is 106 Å². The molecule has 1 aliphatic heterocycles. The van der Waals surface area contributed by atoms with Crippen LogP contribution in [0.25, 0.3) is 0 Å². The molecule has 4 aromatic rings. The minimum absolute atomic E-state index is 0.00843. The molecule has 0 fully saturated rings. The fourth-order valence-electron chi connectivity index (χ4n) is 5.84. The molecule has 0 amide bonds. The third kappa shape index (κ3) is 6.04. The van der Waals surface area contributed by atoms with E-state index in [-0.39, 0.29) is 22.1 Å². The first-order valence-corrected chi connectivity index (χ1v) is 15.6. The van der Waals surface area contributed by atoms with Crippen molar-refractivity contribution in [1.82, 2.24) is 9.55 Å². The van der Waals surface area contributed by atoms with Crippen molar-refractivity contribution in [2.24, 2.45) is 12.5 Å². The molecule has 0 bridgehead atoms. The summed E-state index contributed by atoms with van der Waals surface area (Å²) in [4.78, 5) is 17.8. The monoisotopic (exact) mass is 584 g/mol. The maximum atomic E-state index is 13.8. The van der Waals surface area contributed by atoms with Crippen LogP contribution in [-0.4, -0.2) is 34.6 Å². The zero-order chi connectivity index (χ0) is 30.1. The number of sulfone groups is 1. The van der Waals surface area contributed by atoms with Crippen LogP contribution in [0.1, 0.15) is 48.9 Å². The number of carbonyl (C=O) groups is 1. The van der Waals surface area contributed by atoms with E-state index in [1.165, 1.54) is 12.5 Å². The summed E-state index contributed by atoms with van der Waals surface area (Å²) >= 11 is 0. The predicted octanol–water partition coefficient (Wildman–Crippen LogP) is 6.12. The maximum Gasteiger partial charge on any atom is 0.339 e. The van der Waals surface area contributed by atoms with Gasteiger partial charge in [0.1, 0.15) is 5.76 Å². The fraction of sp³-hybridized carbons (Fsp3) is 0.294. The zero-order valence-electron chi connectivity index (χ0n) is 24.3. The van der Waals surface area contributed by atoms with Crippen LogP contribution in [0.15, 0.2) is 114 Å². The summed E-state index contributed by atoms with van der Waals surface area (Å²) in [5, 5.41) is 12.0. The van der Waals surface area contributed by atoms with E-state index in [0.29, 0.717) is 18.4 Å². The number of carbonyl (C=O) groups excluding carboxylic acids is 1. The number of benzene rings is 3. The molecule has 0 saturated heterocycles. The van der Waals surface area contributed by atoms with Gasteiger partial charge in [0.2, 0.25) is 9.84 Å². The molecule has 1 aromatic heterocycles. The lowest BCUT2D eigenvalue weighted by molar-refractivity contribution is -0.148. The van der Waals surface area contributed by atoms with Crippen molar-refractivity contribution in [2.75, 3.05) is 0 Å². The molecule has 7 nitrogen and oxygen atoms in total. The first kappa shape index (κ1) is 29.3. The number of cyclic esters (lactones) is 1. The van der Waals surface area contributed by atoms with Gasteiger partial charge in [-0.25, -0.2) is 18.2 Å². The highest BCUT2D eigenvalue weighted by Gasteiger charge is 2.52. The van der Waals surface area contributed by atoms with Crippen LogP contribution >= 0.6 is 0 Å². The minimum atomic E-state index is -3.68. The van der Waals surface area contributed by atoms with Crippen molar-refractivity contribution < 1.29 is 23.1 Å². The van der Waals surface area contributed by atoms with Gasteiger partial charge < -0.3 is 14.4 Å². The minimum Gasteiger partial charge on any atom is -0.507 e. The highest BCUT2D eigenvalue weighted by molar-refractivity contribution is 7.90. The van der Waals surface area contributed by atoms with Crippen molar-refractivity contribution in [1.29, 1.82) is 0 Å². The van der Waals surface area contributed by atoms with Crippen LogP contribution in [0.5, 0.6) is 0 Å². The Hall–Kier alpha value is -4.17. The predicted molar refractivity (Wildman–Crippen MR) is 162 cm³/mol. The summed E-state index contributed by atoms with van der Waals surface area (Å²) in [5.41, 5.74) is 1.57. The molecule has 1 aliphatic rings. The standard InChI is InChI=1S/C34H36N2O5S/c1-33(2,3)30(27-17-11-16-26(18-27)22-42(39,40)28-21-36(4)23-35-28)29-31(37)34(41-32(29)38,19-24-12-7-5-8-13-24)20-25-14-9-6-10-15-25/h5-18,21,23,30,37H,19-20,22H2,1-4H3. The number of nitrogens with zero attached hydrogens (tertiary/aromatic N) is 2. The summed E-state index contributed by atoms with van der Waals surface area (Å²) in [6.45, 7) is 5.99. The number of aromatic nitrogens is 2. The first-order valence-electron chi connectivity index (χ1n) is 13.9. The Morgan fingerprint density at radius 2 is 1.48 bits per heavy atom. The van der Waals surface area contributed by atoms with Gasteiger partial charge in [-0.15, -0.1) is 0 Å². The van der Waals surface area contributed by atoms with Crippen LogP contribution in [0.4, 0.5) is 0 Å². The normalized spacial score (nSPS) is 16.0. The van der Waals surface area contributed by atoms with E-state index < -0.39 is 32.7 Å². The maximum absolute atomic E-state index is 13.8. The largest absolute Gasteiger partial charge is 0.507 e. The van der Waals surface area contributed by atoms with Gasteiger partial charge in [0, 0.05) is 32.0 Å². The number of imidazole rings is 1. The topological polar surface area (TPSA) is 98.5 Å². The molecule has 0 spiro atoms. The molecule has 1 atom stereocenters. The number of aliphatic hydroxyl groups excluding tert-OH is 1. The molecular formula is C34H36N2O5S. The van der Waals surface area contributed by atoms with Gasteiger partial charge in [0.25, 0.3) is 0 Å². The summed E-state index contributed by atoms with van der Waals surface area (Å²) in [7, 11) is -1.96. The van der Waals surface area contributed by atoms with Gasteiger partial charge in [0.15, 0.2) is 10.6 Å². The number of hydrogen-bond acceptors (Lipinski definition) is 6. The summed E-state index contributed by atoms with van der Waals surface area (Å²) in [6, 6.07) is 26.6. The van der Waals surface area contributed by atoms with E-state index in [0.717, 1.165) is 16.7 Å². The molecule has 5 rings (SSSR count). The molecule has 2 heterocycles. The molecule has 1 unspecified atom stereocenters. The number of hydrogen-bond donors (Lipinski definition) is 1. The molecule has 218 valence electrons. The molecule has 0 aliphatic carbocycles. The molecule has 42 heavy (non-hydrogen) atoms. The van der Waals surface area contributed by atoms with Gasteiger partial charge in [-0.2, -0.15) is 0 Å². The highest BCUT2D eigenvalue weighted by atomic mass is 32.2. The summed E-state index contributed by atoms with van der Waals surface area (Å²) < 4.78 is 33.9. The van der Waals surface area contributed by atoms with Crippen LogP contribution < -0.4 is 0 Å². The van der Waals surface area contributed by atoms with Crippen LogP contribution in [0.2, 0.25) is 0 Å². The van der Waals surface area contributed by atoms with E-state index in [4.69, 9.17) is 4.74 Å². The Kier molecular flexibility index (Phi) is 7.86. The Morgan fingerprint density at radius 1 is 0.905 bits per heavy atom. The highest BCUT2D eigenvalue weighted by Crippen LogP contribution is 2.49. The van der Waals surface area contributed by atoms with Crippen LogP contribution in [0.3, 0.4) is 0 Å². The molecule has 0 radical (unpaired) electrons. The number of aryl methyl sites for hydroxylation is 1. The fourth-order valence-corrected chi connectivity index (χ4v) is 7.14. The average molecular weight is 585 g/mol. The number of ether oxygens (including phenoxy) is 1. The lowest BCUT2D eigenvalue weighted by atomic mass is 9.71. The lowest BCUT2D eigenvalue weighted by Gasteiger charge is -2.32. The number of rotatable bonds is 9. The van der Waals surface area contributed by atoms with Gasteiger partial charge in [-0.3, -0.25) is 0 Å². The molecular weight excluding hydrogens is 548 g/mol. The van der Waals surface area contributed by atoms with Crippen molar-refractivity contribution in [3.05, 3.63) is 131 Å². The Balaban J connectivity index is 1.58. The van der Waals surface area contributed by atoms with Crippen LogP contribution in [-0.2, 0) is 45.0 Å². The van der Waals surface area contributed by atoms with Gasteiger partial charge in [0.05, 0.1) is 17.7 Å². The average Bonchev–Trinajstić information content (AvgIpc) is 3.47. The second-order valence-corrected chi connectivity index (χ2v) is 14.1.